The van der Waals surface area contributed by atoms with Crippen molar-refractivity contribution in [1.29, 1.82) is 0 Å². The molecular weight excluding hydrogens is 418 g/mol. The molecule has 8 heteroatoms. The first kappa shape index (κ1) is 20.8. The van der Waals surface area contributed by atoms with E-state index in [1.807, 2.05) is 18.2 Å². The summed E-state index contributed by atoms with van der Waals surface area (Å²) in [6, 6.07) is 12.8. The van der Waals surface area contributed by atoms with Crippen molar-refractivity contribution in [2.45, 2.75) is 24.9 Å². The Morgan fingerprint density at radius 3 is 2.55 bits per heavy atom. The highest BCUT2D eigenvalue weighted by Gasteiger charge is 2.42. The van der Waals surface area contributed by atoms with Gasteiger partial charge in [-0.15, -0.1) is 0 Å². The minimum Gasteiger partial charge on any atom is -0.480 e. The standard InChI is InChI=1S/C23H20ClN3O4/c1-31-21-17(12-25-13-26-21)14-6-8-15(9-7-14)22(28)27-19(10-11-20(27)23(29)30)16-4-2-3-5-18(16)24/h2-9,12-13,19-20H,10-11H2,1H3,(H,29,30)/t19?,20-/m0/s1. The highest BCUT2D eigenvalue weighted by molar-refractivity contribution is 6.31. The summed E-state index contributed by atoms with van der Waals surface area (Å²) in [6.45, 7) is 0. The number of carboxylic acids is 1. The summed E-state index contributed by atoms with van der Waals surface area (Å²) in [7, 11) is 1.53. The molecule has 2 atom stereocenters. The maximum absolute atomic E-state index is 13.4. The molecule has 0 saturated carbocycles. The number of likely N-dealkylation sites (tertiary alicyclic amines) is 1. The van der Waals surface area contributed by atoms with E-state index in [9.17, 15) is 14.7 Å². The molecule has 1 aliphatic heterocycles. The van der Waals surface area contributed by atoms with Crippen molar-refractivity contribution in [3.05, 3.63) is 77.2 Å². The third-order valence-corrected chi connectivity index (χ3v) is 5.83. The molecule has 1 unspecified atom stereocenters. The number of methoxy groups -OCH3 is 1. The predicted octanol–water partition coefficient (Wildman–Crippen LogP) is 4.24. The summed E-state index contributed by atoms with van der Waals surface area (Å²) in [5.41, 5.74) is 2.63. The number of carbonyl (C=O) groups excluding carboxylic acids is 1. The van der Waals surface area contributed by atoms with E-state index in [1.54, 1.807) is 36.5 Å². The second-order valence-electron chi connectivity index (χ2n) is 7.20. The third kappa shape index (κ3) is 3.96. The van der Waals surface area contributed by atoms with Crippen LogP contribution in [0.15, 0.2) is 61.1 Å². The van der Waals surface area contributed by atoms with Gasteiger partial charge in [0, 0.05) is 16.8 Å². The molecule has 7 nitrogen and oxygen atoms in total. The van der Waals surface area contributed by atoms with Crippen LogP contribution in [0.4, 0.5) is 0 Å². The molecule has 1 aromatic heterocycles. The van der Waals surface area contributed by atoms with E-state index in [0.29, 0.717) is 34.9 Å². The van der Waals surface area contributed by atoms with E-state index in [0.717, 1.165) is 11.1 Å². The molecule has 0 aliphatic carbocycles. The Hall–Kier alpha value is -3.45. The monoisotopic (exact) mass is 437 g/mol. The smallest absolute Gasteiger partial charge is 0.326 e. The minimum absolute atomic E-state index is 0.349. The fourth-order valence-corrected chi connectivity index (χ4v) is 4.27. The Labute approximate surface area is 184 Å². The van der Waals surface area contributed by atoms with Gasteiger partial charge in [0.15, 0.2) is 0 Å². The van der Waals surface area contributed by atoms with Crippen LogP contribution in [-0.4, -0.2) is 45.0 Å². The number of hydrogen-bond acceptors (Lipinski definition) is 5. The molecule has 158 valence electrons. The molecule has 0 radical (unpaired) electrons. The van der Waals surface area contributed by atoms with Gasteiger partial charge in [0.05, 0.1) is 18.7 Å². The summed E-state index contributed by atoms with van der Waals surface area (Å²) >= 11 is 6.36. The van der Waals surface area contributed by atoms with Crippen molar-refractivity contribution in [3.8, 4) is 17.0 Å². The Kier molecular flexibility index (Phi) is 5.86. The number of hydrogen-bond donors (Lipinski definition) is 1. The van der Waals surface area contributed by atoms with Crippen molar-refractivity contribution >= 4 is 23.5 Å². The van der Waals surface area contributed by atoms with Gasteiger partial charge >= 0.3 is 5.97 Å². The SMILES string of the molecule is COc1ncncc1-c1ccc(C(=O)N2C(c3ccccc3Cl)CC[C@H]2C(=O)O)cc1. The first-order chi connectivity index (χ1) is 15.0. The van der Waals surface area contributed by atoms with Crippen molar-refractivity contribution in [2.24, 2.45) is 0 Å². The van der Waals surface area contributed by atoms with E-state index < -0.39 is 18.1 Å². The fourth-order valence-electron chi connectivity index (χ4n) is 4.01. The quantitative estimate of drug-likeness (QED) is 0.641. The van der Waals surface area contributed by atoms with Crippen molar-refractivity contribution < 1.29 is 19.4 Å². The summed E-state index contributed by atoms with van der Waals surface area (Å²) in [4.78, 5) is 34.8. The lowest BCUT2D eigenvalue weighted by Crippen LogP contribution is -2.41. The van der Waals surface area contributed by atoms with Gasteiger partial charge in [-0.25, -0.2) is 14.8 Å². The number of carboxylic acid groups (broad SMARTS) is 1. The van der Waals surface area contributed by atoms with Crippen molar-refractivity contribution in [1.82, 2.24) is 14.9 Å². The molecule has 0 spiro atoms. The van der Waals surface area contributed by atoms with Gasteiger partial charge in [-0.3, -0.25) is 4.79 Å². The van der Waals surface area contributed by atoms with Crippen LogP contribution in [0.3, 0.4) is 0 Å². The molecule has 1 fully saturated rings. The first-order valence-corrected chi connectivity index (χ1v) is 10.1. The lowest BCUT2D eigenvalue weighted by atomic mass is 10.0. The summed E-state index contributed by atoms with van der Waals surface area (Å²) < 4.78 is 5.27. The number of benzene rings is 2. The Bertz CT molecular complexity index is 1120. The number of ether oxygens (including phenoxy) is 1. The van der Waals surface area contributed by atoms with Crippen LogP contribution in [0.5, 0.6) is 5.88 Å². The lowest BCUT2D eigenvalue weighted by Gasteiger charge is -2.29. The van der Waals surface area contributed by atoms with Gasteiger partial charge in [0.1, 0.15) is 12.4 Å². The van der Waals surface area contributed by atoms with Gasteiger partial charge in [-0.2, -0.15) is 0 Å². The van der Waals surface area contributed by atoms with Crippen molar-refractivity contribution in [3.63, 3.8) is 0 Å². The number of amides is 1. The first-order valence-electron chi connectivity index (χ1n) is 9.75. The van der Waals surface area contributed by atoms with Gasteiger partial charge < -0.3 is 14.7 Å². The Morgan fingerprint density at radius 1 is 1.13 bits per heavy atom. The maximum Gasteiger partial charge on any atom is 0.326 e. The molecule has 0 bridgehead atoms. The zero-order chi connectivity index (χ0) is 22.0. The second-order valence-corrected chi connectivity index (χ2v) is 7.61. The zero-order valence-electron chi connectivity index (χ0n) is 16.7. The van der Waals surface area contributed by atoms with E-state index in [1.165, 1.54) is 18.3 Å². The molecule has 1 saturated heterocycles. The van der Waals surface area contributed by atoms with Crippen LogP contribution < -0.4 is 4.74 Å². The van der Waals surface area contributed by atoms with Crippen LogP contribution in [0.25, 0.3) is 11.1 Å². The van der Waals surface area contributed by atoms with Crippen LogP contribution >= 0.6 is 11.6 Å². The summed E-state index contributed by atoms with van der Waals surface area (Å²) in [5, 5.41) is 10.2. The average molecular weight is 438 g/mol. The van der Waals surface area contributed by atoms with Crippen molar-refractivity contribution in [2.75, 3.05) is 7.11 Å². The maximum atomic E-state index is 13.4. The number of aliphatic carboxylic acids is 1. The summed E-state index contributed by atoms with van der Waals surface area (Å²) in [6.07, 6.45) is 3.93. The minimum atomic E-state index is -1.02. The summed E-state index contributed by atoms with van der Waals surface area (Å²) in [5.74, 6) is -0.943. The van der Waals surface area contributed by atoms with Gasteiger partial charge in [0.2, 0.25) is 5.88 Å². The lowest BCUT2D eigenvalue weighted by molar-refractivity contribution is -0.141. The van der Waals surface area contributed by atoms with Crippen LogP contribution in [0.2, 0.25) is 5.02 Å². The van der Waals surface area contributed by atoms with E-state index in [4.69, 9.17) is 16.3 Å². The highest BCUT2D eigenvalue weighted by atomic mass is 35.5. The Balaban J connectivity index is 1.67. The van der Waals surface area contributed by atoms with Gasteiger partial charge in [0.25, 0.3) is 5.91 Å². The molecule has 4 rings (SSSR count). The average Bonchev–Trinajstić information content (AvgIpc) is 3.24. The largest absolute Gasteiger partial charge is 0.480 e. The Morgan fingerprint density at radius 2 is 1.87 bits per heavy atom. The second kappa shape index (κ2) is 8.73. The van der Waals surface area contributed by atoms with E-state index in [-0.39, 0.29) is 5.91 Å². The van der Waals surface area contributed by atoms with E-state index in [2.05, 4.69) is 9.97 Å². The van der Waals surface area contributed by atoms with Gasteiger partial charge in [-0.1, -0.05) is 41.9 Å². The number of rotatable bonds is 5. The van der Waals surface area contributed by atoms with Crippen LogP contribution in [0.1, 0.15) is 34.8 Å². The van der Waals surface area contributed by atoms with E-state index >= 15 is 0 Å². The third-order valence-electron chi connectivity index (χ3n) is 5.48. The zero-order valence-corrected chi connectivity index (χ0v) is 17.5. The topological polar surface area (TPSA) is 92.6 Å². The molecule has 2 aromatic carbocycles. The number of aromatic nitrogens is 2. The fraction of sp³-hybridized carbons (Fsp3) is 0.217. The predicted molar refractivity (Wildman–Crippen MR) is 115 cm³/mol. The number of carbonyl (C=O) groups is 2. The highest BCUT2D eigenvalue weighted by Crippen LogP contribution is 2.40. The molecule has 1 amide bonds. The molecule has 1 N–H and O–H groups in total. The number of halogens is 1. The molecule has 1 aliphatic rings. The molecular formula is C23H20ClN3O4. The van der Waals surface area contributed by atoms with Crippen LogP contribution in [-0.2, 0) is 4.79 Å². The van der Waals surface area contributed by atoms with Gasteiger partial charge in [-0.05, 0) is 42.2 Å². The molecule has 31 heavy (non-hydrogen) atoms. The molecule has 3 aromatic rings. The molecule has 2 heterocycles. The normalized spacial score (nSPS) is 18.1. The van der Waals surface area contributed by atoms with Crippen LogP contribution in [0, 0.1) is 0 Å². The number of nitrogens with zero attached hydrogens (tertiary/aromatic N) is 3.